The van der Waals surface area contributed by atoms with Gasteiger partial charge in [0.05, 0.1) is 9.79 Å². The lowest BCUT2D eigenvalue weighted by Gasteiger charge is -2.23. The summed E-state index contributed by atoms with van der Waals surface area (Å²) in [6.07, 6.45) is 3.33. The van der Waals surface area contributed by atoms with Crippen LogP contribution in [0, 0.1) is 0 Å². The van der Waals surface area contributed by atoms with Crippen LogP contribution in [0.1, 0.15) is 25.7 Å². The van der Waals surface area contributed by atoms with Gasteiger partial charge < -0.3 is 5.32 Å². The molecule has 3 rings (SSSR count). The molecule has 1 heterocycles. The van der Waals surface area contributed by atoms with E-state index >= 15 is 0 Å². The number of hydrogen-bond acceptors (Lipinski definition) is 5. The zero-order valence-corrected chi connectivity index (χ0v) is 15.5. The Kier molecular flexibility index (Phi) is 6.27. The Morgan fingerprint density at radius 2 is 1.50 bits per heavy atom. The van der Waals surface area contributed by atoms with Crippen molar-refractivity contribution in [1.29, 1.82) is 0 Å². The molecule has 0 radical (unpaired) electrons. The molecule has 3 N–H and O–H groups in total. The summed E-state index contributed by atoms with van der Waals surface area (Å²) in [4.78, 5) is -0.0456. The fourth-order valence-corrected chi connectivity index (χ4v) is 5.28. The van der Waals surface area contributed by atoms with Crippen molar-refractivity contribution in [3.63, 3.8) is 0 Å². The first-order valence-electron chi connectivity index (χ1n) is 7.72. The first-order chi connectivity index (χ1) is 10.9. The van der Waals surface area contributed by atoms with Gasteiger partial charge in [-0.15, -0.1) is 12.4 Å². The van der Waals surface area contributed by atoms with Crippen molar-refractivity contribution in [2.24, 2.45) is 0 Å². The third-order valence-corrected chi connectivity index (χ3v) is 6.98. The number of sulfonamides is 2. The van der Waals surface area contributed by atoms with Gasteiger partial charge in [0.2, 0.25) is 20.0 Å². The van der Waals surface area contributed by atoms with Crippen LogP contribution in [0.25, 0.3) is 0 Å². The van der Waals surface area contributed by atoms with E-state index in [1.807, 2.05) is 0 Å². The molecule has 0 amide bonds. The fourth-order valence-electron chi connectivity index (χ4n) is 2.54. The zero-order valence-electron chi connectivity index (χ0n) is 13.1. The average molecular weight is 396 g/mol. The molecule has 1 aromatic carbocycles. The summed E-state index contributed by atoms with van der Waals surface area (Å²) in [5.41, 5.74) is 0. The average Bonchev–Trinajstić information content (AvgIpc) is 3.31. The minimum atomic E-state index is -3.74. The number of nitrogens with one attached hydrogen (secondary N) is 3. The molecule has 1 saturated carbocycles. The lowest BCUT2D eigenvalue weighted by Crippen LogP contribution is -2.45. The van der Waals surface area contributed by atoms with Crippen LogP contribution in [0.4, 0.5) is 0 Å². The lowest BCUT2D eigenvalue weighted by molar-refractivity contribution is 0.428. The molecule has 2 fully saturated rings. The monoisotopic (exact) mass is 395 g/mol. The van der Waals surface area contributed by atoms with Crippen molar-refractivity contribution >= 4 is 32.5 Å². The SMILES string of the molecule is Cl.O=S(=O)(NC1CC1)c1cccc(S(=O)(=O)NC2CCCNC2)c1. The van der Waals surface area contributed by atoms with Gasteiger partial charge in [-0.25, -0.2) is 26.3 Å². The maximum Gasteiger partial charge on any atom is 0.240 e. The summed E-state index contributed by atoms with van der Waals surface area (Å²) in [7, 11) is -7.41. The third kappa shape index (κ3) is 4.90. The minimum Gasteiger partial charge on any atom is -0.315 e. The van der Waals surface area contributed by atoms with Crippen LogP contribution in [0.2, 0.25) is 0 Å². The second-order valence-corrected chi connectivity index (χ2v) is 9.46. The smallest absolute Gasteiger partial charge is 0.240 e. The van der Waals surface area contributed by atoms with E-state index in [2.05, 4.69) is 14.8 Å². The van der Waals surface area contributed by atoms with Crippen LogP contribution >= 0.6 is 12.4 Å². The second kappa shape index (κ2) is 7.67. The highest BCUT2D eigenvalue weighted by atomic mass is 35.5. The van der Waals surface area contributed by atoms with Crippen molar-refractivity contribution < 1.29 is 16.8 Å². The third-order valence-electron chi connectivity index (χ3n) is 3.94. The molecule has 7 nitrogen and oxygen atoms in total. The van der Waals surface area contributed by atoms with Gasteiger partial charge in [0.1, 0.15) is 0 Å². The van der Waals surface area contributed by atoms with E-state index in [1.165, 1.54) is 24.3 Å². The zero-order chi connectivity index (χ0) is 16.5. The first-order valence-corrected chi connectivity index (χ1v) is 10.7. The number of halogens is 1. The van der Waals surface area contributed by atoms with Crippen molar-refractivity contribution in [1.82, 2.24) is 14.8 Å². The van der Waals surface area contributed by atoms with Crippen LogP contribution in [0.5, 0.6) is 0 Å². The summed E-state index contributed by atoms with van der Waals surface area (Å²) in [5.74, 6) is 0. The van der Waals surface area contributed by atoms with Gasteiger partial charge in [-0.2, -0.15) is 0 Å². The number of rotatable bonds is 6. The molecule has 1 saturated heterocycles. The van der Waals surface area contributed by atoms with E-state index in [-0.39, 0.29) is 34.3 Å². The molecule has 2 aliphatic rings. The van der Waals surface area contributed by atoms with Gasteiger partial charge in [-0.05, 0) is 50.4 Å². The standard InChI is InChI=1S/C14H21N3O4S2.ClH/c18-22(19,16-11-6-7-11)13-4-1-5-14(9-13)23(20,21)17-12-3-2-8-15-10-12;/h1,4-5,9,11-12,15-17H,2-3,6-8,10H2;1H. The van der Waals surface area contributed by atoms with E-state index in [4.69, 9.17) is 0 Å². The molecule has 0 bridgehead atoms. The molecule has 1 atom stereocenters. The van der Waals surface area contributed by atoms with E-state index in [1.54, 1.807) is 0 Å². The molecule has 1 aliphatic heterocycles. The molecule has 1 unspecified atom stereocenters. The van der Waals surface area contributed by atoms with Crippen molar-refractivity contribution in [3.05, 3.63) is 24.3 Å². The molecule has 1 aromatic rings. The van der Waals surface area contributed by atoms with Crippen LogP contribution in [-0.2, 0) is 20.0 Å². The number of hydrogen-bond donors (Lipinski definition) is 3. The van der Waals surface area contributed by atoms with Gasteiger partial charge in [0, 0.05) is 18.6 Å². The summed E-state index contributed by atoms with van der Waals surface area (Å²) >= 11 is 0. The summed E-state index contributed by atoms with van der Waals surface area (Å²) in [6, 6.07) is 5.30. The number of benzene rings is 1. The fraction of sp³-hybridized carbons (Fsp3) is 0.571. The minimum absolute atomic E-state index is 0. The Morgan fingerprint density at radius 3 is 2.00 bits per heavy atom. The highest BCUT2D eigenvalue weighted by molar-refractivity contribution is 7.90. The van der Waals surface area contributed by atoms with Crippen molar-refractivity contribution in [3.8, 4) is 0 Å². The topological polar surface area (TPSA) is 104 Å². The molecular weight excluding hydrogens is 374 g/mol. The lowest BCUT2D eigenvalue weighted by atomic mass is 10.1. The molecule has 0 aromatic heterocycles. The largest absolute Gasteiger partial charge is 0.315 e. The molecule has 1 aliphatic carbocycles. The van der Waals surface area contributed by atoms with Crippen LogP contribution in [0.15, 0.2) is 34.1 Å². The molecular formula is C14H22ClN3O4S2. The van der Waals surface area contributed by atoms with Gasteiger partial charge in [-0.1, -0.05) is 6.07 Å². The van der Waals surface area contributed by atoms with E-state index in [0.717, 1.165) is 32.2 Å². The second-order valence-electron chi connectivity index (χ2n) is 6.03. The van der Waals surface area contributed by atoms with Crippen LogP contribution < -0.4 is 14.8 Å². The van der Waals surface area contributed by atoms with Crippen molar-refractivity contribution in [2.45, 2.75) is 47.6 Å². The Hall–Kier alpha value is -0.710. The molecule has 10 heteroatoms. The Morgan fingerprint density at radius 1 is 0.917 bits per heavy atom. The summed E-state index contributed by atoms with van der Waals surface area (Å²) < 4.78 is 54.5. The van der Waals surface area contributed by atoms with E-state index in [0.29, 0.717) is 6.54 Å². The Bertz CT molecular complexity index is 773. The van der Waals surface area contributed by atoms with Crippen LogP contribution in [-0.4, -0.2) is 42.0 Å². The van der Waals surface area contributed by atoms with E-state index in [9.17, 15) is 16.8 Å². The molecule has 24 heavy (non-hydrogen) atoms. The normalized spacial score (nSPS) is 21.9. The maximum absolute atomic E-state index is 12.5. The van der Waals surface area contributed by atoms with Crippen LogP contribution in [0.3, 0.4) is 0 Å². The maximum atomic E-state index is 12.5. The van der Waals surface area contributed by atoms with Crippen molar-refractivity contribution in [2.75, 3.05) is 13.1 Å². The molecule has 136 valence electrons. The predicted molar refractivity (Wildman–Crippen MR) is 93.2 cm³/mol. The van der Waals surface area contributed by atoms with Gasteiger partial charge in [0.25, 0.3) is 0 Å². The molecule has 0 spiro atoms. The summed E-state index contributed by atoms with van der Waals surface area (Å²) in [5, 5.41) is 3.14. The highest BCUT2D eigenvalue weighted by Crippen LogP contribution is 2.23. The van der Waals surface area contributed by atoms with Gasteiger partial charge in [-0.3, -0.25) is 0 Å². The highest BCUT2D eigenvalue weighted by Gasteiger charge is 2.29. The first kappa shape index (κ1) is 19.6. The Labute approximate surface area is 149 Å². The van der Waals surface area contributed by atoms with Gasteiger partial charge >= 0.3 is 0 Å². The number of piperidine rings is 1. The predicted octanol–water partition coefficient (Wildman–Crippen LogP) is 0.579. The van der Waals surface area contributed by atoms with Gasteiger partial charge in [0.15, 0.2) is 0 Å². The van der Waals surface area contributed by atoms with E-state index < -0.39 is 20.0 Å². The summed E-state index contributed by atoms with van der Waals surface area (Å²) in [6.45, 7) is 1.47. The quantitative estimate of drug-likeness (QED) is 0.653. The Balaban J connectivity index is 0.00000208.